The number of carbonyl (C=O) groups excluding carboxylic acids is 1. The second-order valence-corrected chi connectivity index (χ2v) is 7.78. The minimum Gasteiger partial charge on any atom is -0.493 e. The lowest BCUT2D eigenvalue weighted by molar-refractivity contribution is -0.159. The Kier molecular flexibility index (Phi) is 4.19. The van der Waals surface area contributed by atoms with Gasteiger partial charge in [-0.3, -0.25) is 9.78 Å². The number of pyridine rings is 1. The SMILES string of the molecule is COc1cccc2c1OC1(CCN(C(C)=O)CC1)N1N=C(c3ccncc3)CC21. The van der Waals surface area contributed by atoms with Gasteiger partial charge in [-0.25, -0.2) is 5.01 Å². The molecule has 150 valence electrons. The smallest absolute Gasteiger partial charge is 0.219 e. The highest BCUT2D eigenvalue weighted by Gasteiger charge is 2.52. The van der Waals surface area contributed by atoms with Crippen molar-refractivity contribution >= 4 is 11.6 Å². The maximum Gasteiger partial charge on any atom is 0.219 e. The van der Waals surface area contributed by atoms with Crippen LogP contribution in [0.2, 0.25) is 0 Å². The van der Waals surface area contributed by atoms with Crippen LogP contribution in [0.25, 0.3) is 0 Å². The van der Waals surface area contributed by atoms with Gasteiger partial charge in [0.2, 0.25) is 11.6 Å². The van der Waals surface area contributed by atoms with Gasteiger partial charge in [0, 0.05) is 62.8 Å². The number of para-hydroxylation sites is 1. The molecule has 1 spiro atoms. The third-order valence-corrected chi connectivity index (χ3v) is 6.21. The molecule has 2 aromatic rings. The summed E-state index contributed by atoms with van der Waals surface area (Å²) in [6.07, 6.45) is 5.79. The Balaban J connectivity index is 1.58. The molecule has 1 aromatic heterocycles. The topological polar surface area (TPSA) is 67.3 Å². The zero-order valence-corrected chi connectivity index (χ0v) is 16.7. The predicted molar refractivity (Wildman–Crippen MR) is 108 cm³/mol. The average molecular weight is 392 g/mol. The highest BCUT2D eigenvalue weighted by molar-refractivity contribution is 6.01. The fourth-order valence-corrected chi connectivity index (χ4v) is 4.65. The van der Waals surface area contributed by atoms with Crippen LogP contribution in [0.1, 0.15) is 43.4 Å². The molecule has 7 heteroatoms. The molecule has 0 saturated carbocycles. The number of ether oxygens (including phenoxy) is 2. The van der Waals surface area contributed by atoms with Crippen LogP contribution >= 0.6 is 0 Å². The van der Waals surface area contributed by atoms with E-state index in [1.807, 2.05) is 29.2 Å². The summed E-state index contributed by atoms with van der Waals surface area (Å²) in [5.74, 6) is 1.65. The Morgan fingerprint density at radius 1 is 1.21 bits per heavy atom. The average Bonchev–Trinajstić information content (AvgIpc) is 3.21. The van der Waals surface area contributed by atoms with Crippen LogP contribution in [0.5, 0.6) is 11.5 Å². The number of amides is 1. The van der Waals surface area contributed by atoms with Gasteiger partial charge in [0.25, 0.3) is 0 Å². The van der Waals surface area contributed by atoms with E-state index in [2.05, 4.69) is 16.1 Å². The number of carbonyl (C=O) groups is 1. The molecule has 3 aliphatic rings. The van der Waals surface area contributed by atoms with Crippen LogP contribution in [0.4, 0.5) is 0 Å². The Labute approximate surface area is 169 Å². The summed E-state index contributed by atoms with van der Waals surface area (Å²) in [6, 6.07) is 10.1. The fourth-order valence-electron chi connectivity index (χ4n) is 4.65. The van der Waals surface area contributed by atoms with E-state index < -0.39 is 5.72 Å². The number of fused-ring (bicyclic) bond motifs is 4. The molecule has 1 amide bonds. The normalized spacial score (nSPS) is 21.9. The summed E-state index contributed by atoms with van der Waals surface area (Å²) in [7, 11) is 1.67. The van der Waals surface area contributed by atoms with Crippen LogP contribution in [0.3, 0.4) is 0 Å². The monoisotopic (exact) mass is 392 g/mol. The molecule has 1 atom stereocenters. The van der Waals surface area contributed by atoms with Gasteiger partial charge in [-0.15, -0.1) is 0 Å². The van der Waals surface area contributed by atoms with E-state index in [1.54, 1.807) is 26.4 Å². The Morgan fingerprint density at radius 3 is 2.66 bits per heavy atom. The number of hydrazone groups is 1. The minimum absolute atomic E-state index is 0.0842. The molecule has 1 fully saturated rings. The van der Waals surface area contributed by atoms with Gasteiger partial charge < -0.3 is 14.4 Å². The number of aromatic nitrogens is 1. The third-order valence-electron chi connectivity index (χ3n) is 6.21. The molecule has 0 bridgehead atoms. The molecule has 7 nitrogen and oxygen atoms in total. The zero-order valence-electron chi connectivity index (χ0n) is 16.7. The lowest BCUT2D eigenvalue weighted by atomic mass is 9.90. The van der Waals surface area contributed by atoms with E-state index in [1.165, 1.54) is 0 Å². The quantitative estimate of drug-likeness (QED) is 0.786. The maximum atomic E-state index is 11.9. The fraction of sp³-hybridized carbons (Fsp3) is 0.409. The molecule has 4 heterocycles. The molecule has 3 aliphatic heterocycles. The minimum atomic E-state index is -0.576. The van der Waals surface area contributed by atoms with E-state index in [9.17, 15) is 4.79 Å². The number of rotatable bonds is 2. The van der Waals surface area contributed by atoms with Gasteiger partial charge in [-0.05, 0) is 18.2 Å². The summed E-state index contributed by atoms with van der Waals surface area (Å²) >= 11 is 0. The highest BCUT2D eigenvalue weighted by Crippen LogP contribution is 2.52. The van der Waals surface area contributed by atoms with Crippen molar-refractivity contribution in [2.75, 3.05) is 20.2 Å². The first kappa shape index (κ1) is 18.0. The summed E-state index contributed by atoms with van der Waals surface area (Å²) < 4.78 is 12.3. The second-order valence-electron chi connectivity index (χ2n) is 7.78. The Morgan fingerprint density at radius 2 is 1.97 bits per heavy atom. The number of piperidine rings is 1. The van der Waals surface area contributed by atoms with Crippen molar-refractivity contribution in [2.45, 2.75) is 38.0 Å². The van der Waals surface area contributed by atoms with Crippen molar-refractivity contribution < 1.29 is 14.3 Å². The summed E-state index contributed by atoms with van der Waals surface area (Å²) in [5.41, 5.74) is 2.63. The van der Waals surface area contributed by atoms with E-state index in [0.717, 1.165) is 34.8 Å². The van der Waals surface area contributed by atoms with Crippen LogP contribution in [-0.4, -0.2) is 52.4 Å². The first-order valence-electron chi connectivity index (χ1n) is 10.00. The molecule has 1 aromatic carbocycles. The molecule has 1 saturated heterocycles. The number of likely N-dealkylation sites (tertiary alicyclic amines) is 1. The van der Waals surface area contributed by atoms with Crippen molar-refractivity contribution in [3.8, 4) is 11.5 Å². The van der Waals surface area contributed by atoms with Crippen LogP contribution in [0.15, 0.2) is 47.8 Å². The molecule has 5 rings (SSSR count). The summed E-state index contributed by atoms with van der Waals surface area (Å²) in [5, 5.41) is 7.18. The van der Waals surface area contributed by atoms with E-state index >= 15 is 0 Å². The van der Waals surface area contributed by atoms with Crippen LogP contribution in [-0.2, 0) is 4.79 Å². The Bertz CT molecular complexity index is 967. The lowest BCUT2D eigenvalue weighted by Gasteiger charge is -2.51. The van der Waals surface area contributed by atoms with Crippen molar-refractivity contribution in [2.24, 2.45) is 5.10 Å². The Hall–Kier alpha value is -3.09. The second kappa shape index (κ2) is 6.76. The van der Waals surface area contributed by atoms with Crippen molar-refractivity contribution in [3.05, 3.63) is 53.9 Å². The van der Waals surface area contributed by atoms with Crippen molar-refractivity contribution in [3.63, 3.8) is 0 Å². The van der Waals surface area contributed by atoms with Crippen LogP contribution < -0.4 is 9.47 Å². The third kappa shape index (κ3) is 2.84. The first-order valence-corrected chi connectivity index (χ1v) is 10.00. The maximum absolute atomic E-state index is 11.9. The highest BCUT2D eigenvalue weighted by atomic mass is 16.5. The molecule has 29 heavy (non-hydrogen) atoms. The van der Waals surface area contributed by atoms with E-state index in [4.69, 9.17) is 14.6 Å². The summed E-state index contributed by atoms with van der Waals surface area (Å²) in [6.45, 7) is 2.93. The van der Waals surface area contributed by atoms with Gasteiger partial charge in [0.1, 0.15) is 0 Å². The van der Waals surface area contributed by atoms with Gasteiger partial charge >= 0.3 is 0 Å². The predicted octanol–water partition coefficient (Wildman–Crippen LogP) is 2.97. The van der Waals surface area contributed by atoms with Gasteiger partial charge in [-0.2, -0.15) is 5.10 Å². The van der Waals surface area contributed by atoms with E-state index in [0.29, 0.717) is 25.9 Å². The largest absolute Gasteiger partial charge is 0.493 e. The van der Waals surface area contributed by atoms with Crippen molar-refractivity contribution in [1.29, 1.82) is 0 Å². The number of methoxy groups -OCH3 is 1. The summed E-state index contributed by atoms with van der Waals surface area (Å²) in [4.78, 5) is 17.9. The molecule has 0 N–H and O–H groups in total. The molecule has 0 radical (unpaired) electrons. The van der Waals surface area contributed by atoms with Gasteiger partial charge in [-0.1, -0.05) is 12.1 Å². The van der Waals surface area contributed by atoms with Gasteiger partial charge in [0.05, 0.1) is 18.9 Å². The molecule has 0 aliphatic carbocycles. The van der Waals surface area contributed by atoms with Crippen molar-refractivity contribution in [1.82, 2.24) is 14.9 Å². The number of hydrogen-bond donors (Lipinski definition) is 0. The van der Waals surface area contributed by atoms with Crippen LogP contribution in [0, 0.1) is 0 Å². The molecule has 1 unspecified atom stereocenters. The number of nitrogens with zero attached hydrogens (tertiary/aromatic N) is 4. The molecular weight excluding hydrogens is 368 g/mol. The van der Waals surface area contributed by atoms with E-state index in [-0.39, 0.29) is 11.9 Å². The molecular formula is C22H24N4O3. The lowest BCUT2D eigenvalue weighted by Crippen LogP contribution is -2.59. The number of hydrogen-bond acceptors (Lipinski definition) is 6. The van der Waals surface area contributed by atoms with Gasteiger partial charge in [0.15, 0.2) is 11.5 Å². The zero-order chi connectivity index (χ0) is 20.0. The first-order chi connectivity index (χ1) is 14.1. The number of benzene rings is 1. The standard InChI is InChI=1S/C22H24N4O3/c1-15(27)25-12-8-22(9-13-25)26-19(14-18(24-26)16-6-10-23-11-7-16)17-4-3-5-20(28-2)21(17)29-22/h3-7,10-11,19H,8-9,12-14H2,1-2H3.